The zero-order chi connectivity index (χ0) is 15.2. The Morgan fingerprint density at radius 3 is 2.71 bits per heavy atom. The maximum Gasteiger partial charge on any atom is 0.220 e. The smallest absolute Gasteiger partial charge is 0.220 e. The lowest BCUT2D eigenvalue weighted by Crippen LogP contribution is -2.23. The van der Waals surface area contributed by atoms with Crippen molar-refractivity contribution in [3.05, 3.63) is 47.0 Å². The molecule has 1 amide bonds. The van der Waals surface area contributed by atoms with Crippen molar-refractivity contribution >= 4 is 5.91 Å². The van der Waals surface area contributed by atoms with E-state index in [1.807, 2.05) is 49.7 Å². The molecule has 5 nitrogen and oxygen atoms in total. The summed E-state index contributed by atoms with van der Waals surface area (Å²) in [6.07, 6.45) is 1.29. The first-order valence-electron chi connectivity index (χ1n) is 7.25. The second kappa shape index (κ2) is 7.02. The minimum Gasteiger partial charge on any atom is -0.350 e. The molecule has 0 fully saturated rings. The number of carbonyl (C=O) groups is 1. The monoisotopic (exact) mass is 286 g/mol. The van der Waals surface area contributed by atoms with Crippen LogP contribution in [0.4, 0.5) is 0 Å². The van der Waals surface area contributed by atoms with E-state index in [0.29, 0.717) is 13.0 Å². The highest BCUT2D eigenvalue weighted by atomic mass is 16.1. The van der Waals surface area contributed by atoms with Crippen molar-refractivity contribution in [2.24, 2.45) is 0 Å². The predicted octanol–water partition coefficient (Wildman–Crippen LogP) is 2.30. The number of nitrogens with zero attached hydrogens (tertiary/aromatic N) is 3. The topological polar surface area (TPSA) is 59.8 Å². The van der Waals surface area contributed by atoms with Crippen molar-refractivity contribution in [2.75, 3.05) is 0 Å². The van der Waals surface area contributed by atoms with Gasteiger partial charge in [-0.2, -0.15) is 5.10 Å². The van der Waals surface area contributed by atoms with Crippen LogP contribution < -0.4 is 5.32 Å². The molecule has 0 radical (unpaired) electrons. The van der Waals surface area contributed by atoms with Crippen molar-refractivity contribution in [3.63, 3.8) is 0 Å². The van der Waals surface area contributed by atoms with E-state index in [1.165, 1.54) is 0 Å². The summed E-state index contributed by atoms with van der Waals surface area (Å²) in [6.45, 7) is 7.21. The predicted molar refractivity (Wildman–Crippen MR) is 81.8 cm³/mol. The minimum absolute atomic E-state index is 0.0554. The van der Waals surface area contributed by atoms with Crippen LogP contribution >= 0.6 is 0 Å². The number of aromatic nitrogens is 3. The molecule has 0 spiro atoms. The van der Waals surface area contributed by atoms with Gasteiger partial charge in [0.15, 0.2) is 0 Å². The van der Waals surface area contributed by atoms with E-state index in [9.17, 15) is 4.79 Å². The number of rotatable bonds is 6. The number of pyridine rings is 1. The van der Waals surface area contributed by atoms with Gasteiger partial charge in [0.2, 0.25) is 5.91 Å². The van der Waals surface area contributed by atoms with E-state index in [2.05, 4.69) is 15.4 Å². The van der Waals surface area contributed by atoms with Gasteiger partial charge < -0.3 is 5.32 Å². The molecule has 0 aliphatic heterocycles. The summed E-state index contributed by atoms with van der Waals surface area (Å²) in [5.74, 6) is 0.0554. The van der Waals surface area contributed by atoms with Gasteiger partial charge in [-0.1, -0.05) is 6.07 Å². The van der Waals surface area contributed by atoms with Crippen LogP contribution in [0.25, 0.3) is 0 Å². The first-order chi connectivity index (χ1) is 10.0. The van der Waals surface area contributed by atoms with Crippen LogP contribution in [0.1, 0.15) is 35.6 Å². The lowest BCUT2D eigenvalue weighted by atomic mass is 10.2. The molecule has 0 aliphatic rings. The highest BCUT2D eigenvalue weighted by Gasteiger charge is 2.04. The second-order valence-electron chi connectivity index (χ2n) is 5.30. The molecular weight excluding hydrogens is 264 g/mol. The summed E-state index contributed by atoms with van der Waals surface area (Å²) >= 11 is 0. The zero-order valence-electron chi connectivity index (χ0n) is 12.9. The van der Waals surface area contributed by atoms with Crippen LogP contribution in [-0.4, -0.2) is 20.7 Å². The maximum atomic E-state index is 11.8. The number of amides is 1. The van der Waals surface area contributed by atoms with Crippen LogP contribution in [0, 0.1) is 20.8 Å². The average Bonchev–Trinajstić information content (AvgIpc) is 2.75. The largest absolute Gasteiger partial charge is 0.350 e. The van der Waals surface area contributed by atoms with Gasteiger partial charge in [0, 0.05) is 24.4 Å². The first-order valence-corrected chi connectivity index (χ1v) is 7.25. The van der Waals surface area contributed by atoms with Gasteiger partial charge in [0.25, 0.3) is 0 Å². The number of hydrogen-bond donors (Lipinski definition) is 1. The molecule has 5 heteroatoms. The fraction of sp³-hybridized carbons (Fsp3) is 0.438. The Morgan fingerprint density at radius 2 is 2.05 bits per heavy atom. The van der Waals surface area contributed by atoms with Gasteiger partial charge in [-0.15, -0.1) is 0 Å². The molecule has 0 atom stereocenters. The van der Waals surface area contributed by atoms with Crippen molar-refractivity contribution in [1.82, 2.24) is 20.1 Å². The van der Waals surface area contributed by atoms with Gasteiger partial charge in [0.05, 0.1) is 17.9 Å². The molecule has 0 saturated heterocycles. The molecule has 0 aliphatic carbocycles. The van der Waals surface area contributed by atoms with Gasteiger partial charge >= 0.3 is 0 Å². The summed E-state index contributed by atoms with van der Waals surface area (Å²) in [5, 5.41) is 7.29. The Bertz CT molecular complexity index is 618. The molecule has 2 aromatic heterocycles. The molecular formula is C16H22N4O. The Kier molecular flexibility index (Phi) is 5.09. The standard InChI is InChI=1S/C16H22N4O/c1-12-6-4-7-15(18-12)11-17-16(21)8-5-9-20-14(3)10-13(2)19-20/h4,6-7,10H,5,8-9,11H2,1-3H3,(H,17,21). The number of aryl methyl sites for hydroxylation is 4. The summed E-state index contributed by atoms with van der Waals surface area (Å²) in [4.78, 5) is 16.2. The van der Waals surface area contributed by atoms with E-state index in [0.717, 1.165) is 35.7 Å². The first kappa shape index (κ1) is 15.2. The van der Waals surface area contributed by atoms with E-state index >= 15 is 0 Å². The van der Waals surface area contributed by atoms with E-state index in [-0.39, 0.29) is 5.91 Å². The Morgan fingerprint density at radius 1 is 1.24 bits per heavy atom. The molecule has 0 bridgehead atoms. The number of hydrogen-bond acceptors (Lipinski definition) is 3. The number of carbonyl (C=O) groups excluding carboxylic acids is 1. The summed E-state index contributed by atoms with van der Waals surface area (Å²) < 4.78 is 1.95. The van der Waals surface area contributed by atoms with Gasteiger partial charge in [-0.3, -0.25) is 14.5 Å². The van der Waals surface area contributed by atoms with Crippen LogP contribution in [-0.2, 0) is 17.9 Å². The molecule has 112 valence electrons. The molecule has 1 N–H and O–H groups in total. The van der Waals surface area contributed by atoms with E-state index < -0.39 is 0 Å². The van der Waals surface area contributed by atoms with Crippen LogP contribution in [0.15, 0.2) is 24.3 Å². The fourth-order valence-corrected chi connectivity index (χ4v) is 2.27. The van der Waals surface area contributed by atoms with Crippen LogP contribution in [0.5, 0.6) is 0 Å². The van der Waals surface area contributed by atoms with Crippen molar-refractivity contribution < 1.29 is 4.79 Å². The number of nitrogens with one attached hydrogen (secondary N) is 1. The zero-order valence-corrected chi connectivity index (χ0v) is 12.9. The SMILES string of the molecule is Cc1cccc(CNC(=O)CCCn2nc(C)cc2C)n1. The van der Waals surface area contributed by atoms with Crippen molar-refractivity contribution in [1.29, 1.82) is 0 Å². The van der Waals surface area contributed by atoms with Gasteiger partial charge in [0.1, 0.15) is 0 Å². The van der Waals surface area contributed by atoms with Crippen molar-refractivity contribution in [3.8, 4) is 0 Å². The molecule has 2 rings (SSSR count). The molecule has 2 aromatic rings. The molecule has 0 unspecified atom stereocenters. The molecule has 0 aromatic carbocycles. The minimum atomic E-state index is 0.0554. The lowest BCUT2D eigenvalue weighted by molar-refractivity contribution is -0.121. The second-order valence-corrected chi connectivity index (χ2v) is 5.30. The third-order valence-electron chi connectivity index (χ3n) is 3.29. The molecule has 2 heterocycles. The third kappa shape index (κ3) is 4.70. The maximum absolute atomic E-state index is 11.8. The molecule has 0 saturated carbocycles. The Hall–Kier alpha value is -2.17. The lowest BCUT2D eigenvalue weighted by Gasteiger charge is -2.06. The van der Waals surface area contributed by atoms with Gasteiger partial charge in [-0.25, -0.2) is 0 Å². The molecule has 21 heavy (non-hydrogen) atoms. The highest BCUT2D eigenvalue weighted by molar-refractivity contribution is 5.75. The Labute approximate surface area is 125 Å². The summed E-state index contributed by atoms with van der Waals surface area (Å²) in [5.41, 5.74) is 4.01. The van der Waals surface area contributed by atoms with Crippen molar-refractivity contribution in [2.45, 2.75) is 46.7 Å². The quantitative estimate of drug-likeness (QED) is 0.886. The highest BCUT2D eigenvalue weighted by Crippen LogP contribution is 2.04. The third-order valence-corrected chi connectivity index (χ3v) is 3.29. The average molecular weight is 286 g/mol. The van der Waals surface area contributed by atoms with E-state index in [1.54, 1.807) is 0 Å². The van der Waals surface area contributed by atoms with E-state index in [4.69, 9.17) is 0 Å². The normalized spacial score (nSPS) is 10.6. The summed E-state index contributed by atoms with van der Waals surface area (Å²) in [7, 11) is 0. The Balaban J connectivity index is 1.71. The van der Waals surface area contributed by atoms with Crippen LogP contribution in [0.3, 0.4) is 0 Å². The fourth-order valence-electron chi connectivity index (χ4n) is 2.27. The van der Waals surface area contributed by atoms with Gasteiger partial charge in [-0.05, 0) is 45.4 Å². The summed E-state index contributed by atoms with van der Waals surface area (Å²) in [6, 6.07) is 7.86. The van der Waals surface area contributed by atoms with Crippen LogP contribution in [0.2, 0.25) is 0 Å².